The number of hydrogen-bond acceptors (Lipinski definition) is 3. The Bertz CT molecular complexity index is 531. The number of aromatic nitrogens is 1. The molecule has 0 aliphatic carbocycles. The van der Waals surface area contributed by atoms with Gasteiger partial charge in [-0.1, -0.05) is 19.1 Å². The Kier molecular flexibility index (Phi) is 6.02. The minimum absolute atomic E-state index is 0.658. The number of nitrogens with one attached hydrogen (secondary N) is 1. The fourth-order valence-corrected chi connectivity index (χ4v) is 2.46. The second-order valence-electron chi connectivity index (χ2n) is 4.46. The number of hydrogen-bond donors (Lipinski definition) is 1. The second kappa shape index (κ2) is 8.02. The standard InChI is InChI=1S/C16H19BrN2O/c1-2-18-12-14-4-3-5-15(17)16(14)20-11-8-13-6-9-19-10-7-13/h3-7,9-10,18H,2,8,11-12H2,1H3. The molecule has 1 aromatic carbocycles. The smallest absolute Gasteiger partial charge is 0.137 e. The lowest BCUT2D eigenvalue weighted by Gasteiger charge is -2.13. The van der Waals surface area contributed by atoms with Crippen molar-refractivity contribution in [2.24, 2.45) is 0 Å². The first-order valence-electron chi connectivity index (χ1n) is 6.81. The Balaban J connectivity index is 1.97. The number of ether oxygens (including phenoxy) is 1. The summed E-state index contributed by atoms with van der Waals surface area (Å²) in [7, 11) is 0. The molecular formula is C16H19BrN2O. The maximum Gasteiger partial charge on any atom is 0.137 e. The highest BCUT2D eigenvalue weighted by molar-refractivity contribution is 9.10. The van der Waals surface area contributed by atoms with E-state index in [-0.39, 0.29) is 0 Å². The summed E-state index contributed by atoms with van der Waals surface area (Å²) in [5.74, 6) is 0.933. The lowest BCUT2D eigenvalue weighted by molar-refractivity contribution is 0.316. The van der Waals surface area contributed by atoms with Crippen LogP contribution < -0.4 is 10.1 Å². The molecule has 0 aliphatic heterocycles. The summed E-state index contributed by atoms with van der Waals surface area (Å²) < 4.78 is 6.96. The van der Waals surface area contributed by atoms with E-state index < -0.39 is 0 Å². The third-order valence-electron chi connectivity index (χ3n) is 3.00. The van der Waals surface area contributed by atoms with Crippen molar-refractivity contribution >= 4 is 15.9 Å². The minimum atomic E-state index is 0.658. The molecule has 0 unspecified atom stereocenters. The predicted molar refractivity (Wildman–Crippen MR) is 85.0 cm³/mol. The van der Waals surface area contributed by atoms with E-state index in [2.05, 4.69) is 39.2 Å². The van der Waals surface area contributed by atoms with E-state index >= 15 is 0 Å². The van der Waals surface area contributed by atoms with Crippen LogP contribution in [0.1, 0.15) is 18.1 Å². The number of pyridine rings is 1. The lowest BCUT2D eigenvalue weighted by atomic mass is 10.2. The predicted octanol–water partition coefficient (Wildman–Crippen LogP) is 3.58. The van der Waals surface area contributed by atoms with Crippen LogP contribution in [0.4, 0.5) is 0 Å². The van der Waals surface area contributed by atoms with Crippen LogP contribution in [0.15, 0.2) is 47.2 Å². The van der Waals surface area contributed by atoms with Gasteiger partial charge in [0.05, 0.1) is 11.1 Å². The first kappa shape index (κ1) is 15.0. The summed E-state index contributed by atoms with van der Waals surface area (Å²) in [6.45, 7) is 4.53. The summed E-state index contributed by atoms with van der Waals surface area (Å²) in [6, 6.07) is 10.2. The minimum Gasteiger partial charge on any atom is -0.492 e. The second-order valence-corrected chi connectivity index (χ2v) is 5.32. The summed E-state index contributed by atoms with van der Waals surface area (Å²) in [6.07, 6.45) is 4.50. The van der Waals surface area contributed by atoms with Gasteiger partial charge in [-0.25, -0.2) is 0 Å². The van der Waals surface area contributed by atoms with Crippen molar-refractivity contribution in [2.75, 3.05) is 13.2 Å². The summed E-state index contributed by atoms with van der Waals surface area (Å²) in [5.41, 5.74) is 2.41. The zero-order valence-electron chi connectivity index (χ0n) is 11.6. The molecule has 0 bridgehead atoms. The van der Waals surface area contributed by atoms with Crippen LogP contribution in [-0.4, -0.2) is 18.1 Å². The van der Waals surface area contributed by atoms with Crippen molar-refractivity contribution in [3.63, 3.8) is 0 Å². The fourth-order valence-electron chi connectivity index (χ4n) is 1.93. The monoisotopic (exact) mass is 334 g/mol. The topological polar surface area (TPSA) is 34.1 Å². The summed E-state index contributed by atoms with van der Waals surface area (Å²) in [5, 5.41) is 3.33. The van der Waals surface area contributed by atoms with Gasteiger partial charge in [-0.05, 0) is 46.2 Å². The van der Waals surface area contributed by atoms with Crippen LogP contribution in [0.3, 0.4) is 0 Å². The molecule has 1 aromatic heterocycles. The SMILES string of the molecule is CCNCc1cccc(Br)c1OCCc1ccncc1. The van der Waals surface area contributed by atoms with Crippen molar-refractivity contribution in [3.8, 4) is 5.75 Å². The number of para-hydroxylation sites is 1. The number of halogens is 1. The average molecular weight is 335 g/mol. The maximum atomic E-state index is 5.96. The van der Waals surface area contributed by atoms with Gasteiger partial charge in [0.25, 0.3) is 0 Å². The van der Waals surface area contributed by atoms with Gasteiger partial charge in [-0.15, -0.1) is 0 Å². The molecule has 0 atom stereocenters. The molecule has 0 radical (unpaired) electrons. The van der Waals surface area contributed by atoms with Crippen molar-refractivity contribution in [3.05, 3.63) is 58.3 Å². The third-order valence-corrected chi connectivity index (χ3v) is 3.62. The van der Waals surface area contributed by atoms with Gasteiger partial charge in [0.1, 0.15) is 5.75 Å². The van der Waals surface area contributed by atoms with Gasteiger partial charge in [0.2, 0.25) is 0 Å². The summed E-state index contributed by atoms with van der Waals surface area (Å²) >= 11 is 3.56. The van der Waals surface area contributed by atoms with E-state index in [0.717, 1.165) is 29.7 Å². The van der Waals surface area contributed by atoms with Crippen LogP contribution in [0.5, 0.6) is 5.75 Å². The van der Waals surface area contributed by atoms with Crippen LogP contribution in [0.25, 0.3) is 0 Å². The number of rotatable bonds is 7. The summed E-state index contributed by atoms with van der Waals surface area (Å²) in [4.78, 5) is 4.02. The van der Waals surface area contributed by atoms with Gasteiger partial charge in [-0.3, -0.25) is 4.98 Å². The molecule has 1 N–H and O–H groups in total. The number of nitrogens with zero attached hydrogens (tertiary/aromatic N) is 1. The Labute approximate surface area is 128 Å². The van der Waals surface area contributed by atoms with Gasteiger partial charge >= 0.3 is 0 Å². The highest BCUT2D eigenvalue weighted by atomic mass is 79.9. The molecule has 106 valence electrons. The van der Waals surface area contributed by atoms with E-state index in [0.29, 0.717) is 6.61 Å². The van der Waals surface area contributed by atoms with E-state index in [1.165, 1.54) is 11.1 Å². The molecule has 0 amide bonds. The van der Waals surface area contributed by atoms with Crippen molar-refractivity contribution in [1.29, 1.82) is 0 Å². The van der Waals surface area contributed by atoms with E-state index in [9.17, 15) is 0 Å². The Morgan fingerprint density at radius 1 is 1.20 bits per heavy atom. The normalized spacial score (nSPS) is 10.5. The molecule has 20 heavy (non-hydrogen) atoms. The largest absolute Gasteiger partial charge is 0.492 e. The molecule has 0 saturated carbocycles. The molecule has 0 spiro atoms. The van der Waals surface area contributed by atoms with Gasteiger partial charge in [-0.2, -0.15) is 0 Å². The molecule has 0 fully saturated rings. The first-order valence-corrected chi connectivity index (χ1v) is 7.60. The molecule has 2 rings (SSSR count). The molecule has 2 aromatic rings. The van der Waals surface area contributed by atoms with Crippen molar-refractivity contribution in [2.45, 2.75) is 19.9 Å². The quantitative estimate of drug-likeness (QED) is 0.840. The Morgan fingerprint density at radius 3 is 2.75 bits per heavy atom. The highest BCUT2D eigenvalue weighted by Crippen LogP contribution is 2.29. The van der Waals surface area contributed by atoms with Gasteiger partial charge in [0, 0.05) is 30.9 Å². The van der Waals surface area contributed by atoms with Crippen LogP contribution in [-0.2, 0) is 13.0 Å². The van der Waals surface area contributed by atoms with Crippen molar-refractivity contribution < 1.29 is 4.74 Å². The molecule has 4 heteroatoms. The Hall–Kier alpha value is -1.39. The van der Waals surface area contributed by atoms with E-state index in [4.69, 9.17) is 4.74 Å². The molecule has 1 heterocycles. The van der Waals surface area contributed by atoms with E-state index in [1.54, 1.807) is 0 Å². The zero-order chi connectivity index (χ0) is 14.2. The lowest BCUT2D eigenvalue weighted by Crippen LogP contribution is -2.13. The first-order chi connectivity index (χ1) is 9.81. The third kappa shape index (κ3) is 4.32. The molecule has 0 aliphatic rings. The van der Waals surface area contributed by atoms with Gasteiger partial charge < -0.3 is 10.1 Å². The van der Waals surface area contributed by atoms with Crippen LogP contribution in [0, 0.1) is 0 Å². The molecule has 0 saturated heterocycles. The van der Waals surface area contributed by atoms with Crippen molar-refractivity contribution in [1.82, 2.24) is 10.3 Å². The fraction of sp³-hybridized carbons (Fsp3) is 0.312. The van der Waals surface area contributed by atoms with Gasteiger partial charge in [0.15, 0.2) is 0 Å². The number of benzene rings is 1. The van der Waals surface area contributed by atoms with E-state index in [1.807, 2.05) is 36.7 Å². The van der Waals surface area contributed by atoms with Crippen LogP contribution >= 0.6 is 15.9 Å². The zero-order valence-corrected chi connectivity index (χ0v) is 13.2. The molecule has 3 nitrogen and oxygen atoms in total. The Morgan fingerprint density at radius 2 is 2.00 bits per heavy atom. The van der Waals surface area contributed by atoms with Crippen LogP contribution in [0.2, 0.25) is 0 Å². The maximum absolute atomic E-state index is 5.96. The average Bonchev–Trinajstić information content (AvgIpc) is 2.48. The highest BCUT2D eigenvalue weighted by Gasteiger charge is 2.07. The molecular weight excluding hydrogens is 316 g/mol.